The quantitative estimate of drug-likeness (QED) is 0.491. The average Bonchev–Trinajstić information content (AvgIpc) is 2.57. The molecule has 9 heteroatoms. The van der Waals surface area contributed by atoms with E-state index in [1.54, 1.807) is 0 Å². The van der Waals surface area contributed by atoms with Gasteiger partial charge < -0.3 is 14.6 Å². The second-order valence-electron chi connectivity index (χ2n) is 4.57. The van der Waals surface area contributed by atoms with Gasteiger partial charge >= 0.3 is 5.97 Å². The van der Waals surface area contributed by atoms with E-state index in [-0.39, 0.29) is 17.9 Å². The van der Waals surface area contributed by atoms with E-state index in [0.29, 0.717) is 11.5 Å². The van der Waals surface area contributed by atoms with Crippen molar-refractivity contribution in [2.75, 3.05) is 33.1 Å². The summed E-state index contributed by atoms with van der Waals surface area (Å²) in [5.41, 5.74) is 0. The van der Waals surface area contributed by atoms with Crippen LogP contribution < -0.4 is 4.74 Å². The number of methoxy groups -OCH3 is 2. The van der Waals surface area contributed by atoms with Crippen molar-refractivity contribution in [2.45, 2.75) is 17.4 Å². The van der Waals surface area contributed by atoms with Gasteiger partial charge in [-0.05, 0) is 36.4 Å². The van der Waals surface area contributed by atoms with Crippen molar-refractivity contribution in [3.05, 3.63) is 24.3 Å². The highest BCUT2D eigenvalue weighted by atomic mass is 32.2. The number of thiol groups is 1. The maximum atomic E-state index is 12.8. The van der Waals surface area contributed by atoms with Crippen molar-refractivity contribution in [1.29, 1.82) is 0 Å². The normalized spacial score (nSPS) is 12.9. The second kappa shape index (κ2) is 9.11. The molecular weight excluding hydrogens is 342 g/mol. The summed E-state index contributed by atoms with van der Waals surface area (Å²) in [5, 5.41) is 9.20. The van der Waals surface area contributed by atoms with Crippen LogP contribution in [0.25, 0.3) is 0 Å². The Morgan fingerprint density at radius 1 is 1.30 bits per heavy atom. The Labute approximate surface area is 141 Å². The third kappa shape index (κ3) is 4.84. The lowest BCUT2D eigenvalue weighted by Crippen LogP contribution is -2.47. The Bertz CT molecular complexity index is 602. The fraction of sp³-hybridized carbons (Fsp3) is 0.500. The number of hydrogen-bond acceptors (Lipinski definition) is 7. The van der Waals surface area contributed by atoms with Crippen molar-refractivity contribution in [2.24, 2.45) is 0 Å². The van der Waals surface area contributed by atoms with E-state index in [1.165, 1.54) is 38.5 Å². The standard InChI is InChI=1S/C14H21NO6S2/c1-20-11-3-5-12(6-4-11)23(18,19)15(8-9-16)13(7-10-22)14(17)21-2/h3-6,13,16,22H,7-10H2,1-2H3/t13-/m0/s1. The number of aliphatic hydroxyl groups excluding tert-OH is 1. The molecule has 130 valence electrons. The molecule has 0 aliphatic carbocycles. The monoisotopic (exact) mass is 363 g/mol. The molecule has 0 aliphatic rings. The third-order valence-corrected chi connectivity index (χ3v) is 5.39. The third-order valence-electron chi connectivity index (χ3n) is 3.21. The fourth-order valence-corrected chi connectivity index (χ4v) is 3.91. The predicted octanol–water partition coefficient (Wildman–Crippen LogP) is 0.540. The summed E-state index contributed by atoms with van der Waals surface area (Å²) in [6, 6.07) is 4.74. The summed E-state index contributed by atoms with van der Waals surface area (Å²) in [7, 11) is -1.32. The Balaban J connectivity index is 3.25. The lowest BCUT2D eigenvalue weighted by Gasteiger charge is -2.28. The molecule has 0 fully saturated rings. The highest BCUT2D eigenvalue weighted by Gasteiger charge is 2.35. The molecule has 0 amide bonds. The van der Waals surface area contributed by atoms with Gasteiger partial charge in [0.2, 0.25) is 10.0 Å². The molecule has 1 aromatic carbocycles. The van der Waals surface area contributed by atoms with Crippen LogP contribution in [-0.4, -0.2) is 63.0 Å². The highest BCUT2D eigenvalue weighted by Crippen LogP contribution is 2.23. The molecule has 7 nitrogen and oxygen atoms in total. The predicted molar refractivity (Wildman–Crippen MR) is 88.2 cm³/mol. The average molecular weight is 363 g/mol. The second-order valence-corrected chi connectivity index (χ2v) is 6.90. The number of rotatable bonds is 9. The van der Waals surface area contributed by atoms with Gasteiger partial charge in [-0.3, -0.25) is 4.79 Å². The van der Waals surface area contributed by atoms with Crippen molar-refractivity contribution in [3.8, 4) is 5.75 Å². The van der Waals surface area contributed by atoms with Gasteiger partial charge in [0.05, 0.1) is 25.7 Å². The minimum Gasteiger partial charge on any atom is -0.497 e. The van der Waals surface area contributed by atoms with Crippen molar-refractivity contribution in [1.82, 2.24) is 4.31 Å². The number of carbonyl (C=O) groups excluding carboxylic acids is 1. The first kappa shape index (κ1) is 19.8. The molecule has 1 atom stereocenters. The Morgan fingerprint density at radius 3 is 2.35 bits per heavy atom. The Morgan fingerprint density at radius 2 is 1.91 bits per heavy atom. The first-order chi connectivity index (χ1) is 10.9. The largest absolute Gasteiger partial charge is 0.497 e. The van der Waals surface area contributed by atoms with Gasteiger partial charge in [0.15, 0.2) is 0 Å². The first-order valence-corrected chi connectivity index (χ1v) is 8.95. The zero-order valence-electron chi connectivity index (χ0n) is 13.0. The van der Waals surface area contributed by atoms with E-state index in [2.05, 4.69) is 17.4 Å². The molecule has 23 heavy (non-hydrogen) atoms. The van der Waals surface area contributed by atoms with Gasteiger partial charge in [0.1, 0.15) is 11.8 Å². The van der Waals surface area contributed by atoms with Gasteiger partial charge in [-0.1, -0.05) is 0 Å². The van der Waals surface area contributed by atoms with Crippen LogP contribution in [0.4, 0.5) is 0 Å². The molecular formula is C14H21NO6S2. The zero-order valence-corrected chi connectivity index (χ0v) is 14.7. The van der Waals surface area contributed by atoms with Crippen molar-refractivity contribution in [3.63, 3.8) is 0 Å². The molecule has 1 aromatic rings. The number of hydrogen-bond donors (Lipinski definition) is 2. The van der Waals surface area contributed by atoms with Gasteiger partial charge in [0, 0.05) is 6.54 Å². The van der Waals surface area contributed by atoms with E-state index < -0.39 is 28.6 Å². The van der Waals surface area contributed by atoms with Gasteiger partial charge in [0.25, 0.3) is 0 Å². The SMILES string of the molecule is COC(=O)[C@H](CCS)N(CCO)S(=O)(=O)c1ccc(OC)cc1. The van der Waals surface area contributed by atoms with Gasteiger partial charge in [-0.25, -0.2) is 8.42 Å². The Kier molecular flexibility index (Phi) is 7.83. The Hall–Kier alpha value is -1.29. The molecule has 0 saturated carbocycles. The van der Waals surface area contributed by atoms with Gasteiger partial charge in [-0.2, -0.15) is 16.9 Å². The van der Waals surface area contributed by atoms with Crippen LogP contribution in [0.15, 0.2) is 29.2 Å². The molecule has 1 N–H and O–H groups in total. The van der Waals surface area contributed by atoms with Crippen molar-refractivity contribution >= 4 is 28.6 Å². The van der Waals surface area contributed by atoms with Crippen LogP contribution in [-0.2, 0) is 19.6 Å². The van der Waals surface area contributed by atoms with Crippen LogP contribution in [0.3, 0.4) is 0 Å². The smallest absolute Gasteiger partial charge is 0.324 e. The molecule has 0 aromatic heterocycles. The first-order valence-electron chi connectivity index (χ1n) is 6.87. The van der Waals surface area contributed by atoms with Crippen LogP contribution in [0.1, 0.15) is 6.42 Å². The fourth-order valence-electron chi connectivity index (χ4n) is 2.06. The van der Waals surface area contributed by atoms with Crippen LogP contribution in [0.5, 0.6) is 5.75 Å². The van der Waals surface area contributed by atoms with E-state index in [4.69, 9.17) is 4.74 Å². The number of sulfonamides is 1. The summed E-state index contributed by atoms with van der Waals surface area (Å²) in [6.07, 6.45) is 0.172. The van der Waals surface area contributed by atoms with Gasteiger partial charge in [-0.15, -0.1) is 0 Å². The minimum atomic E-state index is -3.98. The zero-order chi connectivity index (χ0) is 17.5. The summed E-state index contributed by atoms with van der Waals surface area (Å²) in [5.74, 6) is 0.113. The highest BCUT2D eigenvalue weighted by molar-refractivity contribution is 7.89. The van der Waals surface area contributed by atoms with Crippen LogP contribution in [0, 0.1) is 0 Å². The number of ether oxygens (including phenoxy) is 2. The lowest BCUT2D eigenvalue weighted by molar-refractivity contribution is -0.145. The minimum absolute atomic E-state index is 0.000169. The number of benzene rings is 1. The summed E-state index contributed by atoms with van der Waals surface area (Å²) < 4.78 is 36.2. The maximum absolute atomic E-state index is 12.8. The topological polar surface area (TPSA) is 93.1 Å². The number of nitrogens with zero attached hydrogens (tertiary/aromatic N) is 1. The summed E-state index contributed by atoms with van der Waals surface area (Å²) in [6.45, 7) is -0.642. The van der Waals surface area contributed by atoms with Crippen LogP contribution in [0.2, 0.25) is 0 Å². The molecule has 1 rings (SSSR count). The molecule has 0 radical (unpaired) electrons. The van der Waals surface area contributed by atoms with E-state index in [0.717, 1.165) is 4.31 Å². The molecule has 0 heterocycles. The summed E-state index contributed by atoms with van der Waals surface area (Å²) in [4.78, 5) is 11.9. The van der Waals surface area contributed by atoms with Crippen LogP contribution >= 0.6 is 12.6 Å². The molecule has 0 aliphatic heterocycles. The van der Waals surface area contributed by atoms with E-state index in [9.17, 15) is 18.3 Å². The molecule has 0 bridgehead atoms. The van der Waals surface area contributed by atoms with E-state index >= 15 is 0 Å². The maximum Gasteiger partial charge on any atom is 0.324 e. The number of carbonyl (C=O) groups is 1. The molecule has 0 spiro atoms. The molecule has 0 unspecified atom stereocenters. The number of esters is 1. The van der Waals surface area contributed by atoms with E-state index in [1.807, 2.05) is 0 Å². The summed E-state index contributed by atoms with van der Waals surface area (Å²) >= 11 is 4.06. The molecule has 0 saturated heterocycles. The van der Waals surface area contributed by atoms with Crippen molar-refractivity contribution < 1.29 is 27.8 Å². The number of aliphatic hydroxyl groups is 1. The lowest BCUT2D eigenvalue weighted by atomic mass is 10.2.